The number of carbonyl (C=O) groups is 1. The van der Waals surface area contributed by atoms with E-state index in [1.807, 2.05) is 0 Å². The maximum Gasteiger partial charge on any atom is 0.323 e. The molecule has 1 unspecified atom stereocenters. The number of nitrogens with zero attached hydrogens (tertiary/aromatic N) is 1. The highest BCUT2D eigenvalue weighted by Crippen LogP contribution is 2.31. The van der Waals surface area contributed by atoms with Crippen LogP contribution in [0.2, 0.25) is 0 Å². The van der Waals surface area contributed by atoms with Crippen molar-refractivity contribution in [3.8, 4) is 0 Å². The van der Waals surface area contributed by atoms with E-state index < -0.39 is 23.1 Å². The third-order valence-corrected chi connectivity index (χ3v) is 3.63. The lowest BCUT2D eigenvalue weighted by Crippen LogP contribution is -2.47. The zero-order chi connectivity index (χ0) is 13.3. The lowest BCUT2D eigenvalue weighted by molar-refractivity contribution is -0.148. The maximum atomic E-state index is 13.5. The van der Waals surface area contributed by atoms with E-state index in [0.717, 1.165) is 12.5 Å². The minimum Gasteiger partial charge on any atom is -0.480 e. The Hall–Kier alpha value is -1.49. The van der Waals surface area contributed by atoms with E-state index in [9.17, 15) is 18.7 Å². The second-order valence-corrected chi connectivity index (χ2v) is 4.84. The van der Waals surface area contributed by atoms with Crippen molar-refractivity contribution >= 4 is 5.97 Å². The van der Waals surface area contributed by atoms with E-state index >= 15 is 0 Å². The summed E-state index contributed by atoms with van der Waals surface area (Å²) in [4.78, 5) is 13.0. The molecular formula is C13H15F2NO2. The number of carboxylic acid groups (broad SMARTS) is 1. The van der Waals surface area contributed by atoms with Crippen molar-refractivity contribution in [2.75, 3.05) is 6.54 Å². The van der Waals surface area contributed by atoms with E-state index in [1.54, 1.807) is 11.8 Å². The van der Waals surface area contributed by atoms with Crippen LogP contribution in [0.1, 0.15) is 25.3 Å². The Labute approximate surface area is 104 Å². The van der Waals surface area contributed by atoms with Crippen molar-refractivity contribution in [2.24, 2.45) is 0 Å². The summed E-state index contributed by atoms with van der Waals surface area (Å²) < 4.78 is 26.3. The van der Waals surface area contributed by atoms with Crippen LogP contribution in [0.5, 0.6) is 0 Å². The summed E-state index contributed by atoms with van der Waals surface area (Å²) in [5.41, 5.74) is -0.633. The normalized spacial score (nSPS) is 24.4. The van der Waals surface area contributed by atoms with Crippen molar-refractivity contribution in [1.82, 2.24) is 4.90 Å². The summed E-state index contributed by atoms with van der Waals surface area (Å²) in [6.45, 7) is 2.44. The Morgan fingerprint density at radius 1 is 1.50 bits per heavy atom. The van der Waals surface area contributed by atoms with E-state index in [0.29, 0.717) is 18.5 Å². The van der Waals surface area contributed by atoms with Gasteiger partial charge in [-0.1, -0.05) is 6.07 Å². The molecule has 2 rings (SSSR count). The molecule has 0 aliphatic carbocycles. The second-order valence-electron chi connectivity index (χ2n) is 4.84. The highest BCUT2D eigenvalue weighted by atomic mass is 19.1. The monoisotopic (exact) mass is 255 g/mol. The van der Waals surface area contributed by atoms with Crippen molar-refractivity contribution in [3.63, 3.8) is 0 Å². The van der Waals surface area contributed by atoms with Gasteiger partial charge in [0.25, 0.3) is 0 Å². The fourth-order valence-corrected chi connectivity index (χ4v) is 2.37. The highest BCUT2D eigenvalue weighted by Gasteiger charge is 2.43. The van der Waals surface area contributed by atoms with Crippen LogP contribution in [0, 0.1) is 11.6 Å². The molecule has 0 saturated carbocycles. The van der Waals surface area contributed by atoms with Gasteiger partial charge in [-0.3, -0.25) is 9.69 Å². The molecule has 98 valence electrons. The first-order valence-electron chi connectivity index (χ1n) is 5.86. The Bertz CT molecular complexity index is 478. The van der Waals surface area contributed by atoms with E-state index in [4.69, 9.17) is 0 Å². The molecule has 5 heteroatoms. The molecule has 1 aromatic carbocycles. The highest BCUT2D eigenvalue weighted by molar-refractivity contribution is 5.78. The first-order chi connectivity index (χ1) is 8.43. The average molecular weight is 255 g/mol. The molecule has 1 heterocycles. The fraction of sp³-hybridized carbons (Fsp3) is 0.462. The van der Waals surface area contributed by atoms with Gasteiger partial charge in [-0.2, -0.15) is 0 Å². The van der Waals surface area contributed by atoms with Crippen LogP contribution in [0.15, 0.2) is 18.2 Å². The molecule has 1 aliphatic rings. The molecule has 18 heavy (non-hydrogen) atoms. The Morgan fingerprint density at radius 2 is 2.22 bits per heavy atom. The van der Waals surface area contributed by atoms with E-state index in [-0.39, 0.29) is 6.54 Å². The van der Waals surface area contributed by atoms with Gasteiger partial charge in [0.1, 0.15) is 17.2 Å². The number of halogens is 2. The van der Waals surface area contributed by atoms with Crippen molar-refractivity contribution in [3.05, 3.63) is 35.4 Å². The average Bonchev–Trinajstić information content (AvgIpc) is 2.66. The molecule has 1 aromatic rings. The Balaban J connectivity index is 2.21. The van der Waals surface area contributed by atoms with Crippen LogP contribution < -0.4 is 0 Å². The smallest absolute Gasteiger partial charge is 0.323 e. The summed E-state index contributed by atoms with van der Waals surface area (Å²) in [5, 5.41) is 9.24. The van der Waals surface area contributed by atoms with Gasteiger partial charge < -0.3 is 5.11 Å². The largest absolute Gasteiger partial charge is 0.480 e. The minimum atomic E-state index is -0.958. The van der Waals surface area contributed by atoms with Crippen molar-refractivity contribution in [2.45, 2.75) is 31.8 Å². The van der Waals surface area contributed by atoms with Crippen LogP contribution in [0.25, 0.3) is 0 Å². The van der Waals surface area contributed by atoms with Gasteiger partial charge in [-0.15, -0.1) is 0 Å². The number of aliphatic carboxylic acids is 1. The van der Waals surface area contributed by atoms with Crippen LogP contribution >= 0.6 is 0 Å². The van der Waals surface area contributed by atoms with Gasteiger partial charge in [0.15, 0.2) is 0 Å². The summed E-state index contributed by atoms with van der Waals surface area (Å²) in [5.74, 6) is -2.16. The van der Waals surface area contributed by atoms with Crippen LogP contribution in [-0.4, -0.2) is 28.1 Å². The van der Waals surface area contributed by atoms with Gasteiger partial charge in [-0.25, -0.2) is 8.78 Å². The van der Waals surface area contributed by atoms with Gasteiger partial charge in [-0.05, 0) is 32.4 Å². The predicted molar refractivity (Wildman–Crippen MR) is 62.0 cm³/mol. The number of carboxylic acids is 1. The minimum absolute atomic E-state index is 0.189. The number of hydrogen-bond acceptors (Lipinski definition) is 2. The molecule has 0 amide bonds. The third kappa shape index (κ3) is 2.22. The first kappa shape index (κ1) is 13.0. The third-order valence-electron chi connectivity index (χ3n) is 3.63. The van der Waals surface area contributed by atoms with Crippen molar-refractivity contribution < 1.29 is 18.7 Å². The molecule has 1 N–H and O–H groups in total. The number of rotatable bonds is 3. The van der Waals surface area contributed by atoms with Gasteiger partial charge in [0.2, 0.25) is 0 Å². The van der Waals surface area contributed by atoms with Crippen molar-refractivity contribution in [1.29, 1.82) is 0 Å². The molecule has 0 bridgehead atoms. The van der Waals surface area contributed by atoms with Crippen LogP contribution in [0.3, 0.4) is 0 Å². The zero-order valence-electron chi connectivity index (χ0n) is 10.1. The lowest BCUT2D eigenvalue weighted by Gasteiger charge is -2.31. The summed E-state index contributed by atoms with van der Waals surface area (Å²) in [6, 6.07) is 3.38. The second kappa shape index (κ2) is 4.65. The molecule has 1 saturated heterocycles. The predicted octanol–water partition coefficient (Wildman–Crippen LogP) is 2.40. The van der Waals surface area contributed by atoms with E-state index in [1.165, 1.54) is 12.1 Å². The molecule has 0 spiro atoms. The molecule has 1 atom stereocenters. The Morgan fingerprint density at radius 3 is 2.83 bits per heavy atom. The molecule has 0 aromatic heterocycles. The van der Waals surface area contributed by atoms with E-state index in [2.05, 4.69) is 0 Å². The SMILES string of the molecule is CC1(C(=O)O)CCCN1Cc1ccc(F)cc1F. The number of likely N-dealkylation sites (tertiary alicyclic amines) is 1. The van der Waals surface area contributed by atoms with Crippen LogP contribution in [-0.2, 0) is 11.3 Å². The summed E-state index contributed by atoms with van der Waals surface area (Å²) in [6.07, 6.45) is 1.32. The van der Waals surface area contributed by atoms with Gasteiger partial charge in [0.05, 0.1) is 0 Å². The Kier molecular flexibility index (Phi) is 3.34. The molecule has 0 radical (unpaired) electrons. The number of benzene rings is 1. The fourth-order valence-electron chi connectivity index (χ4n) is 2.37. The van der Waals surface area contributed by atoms with Gasteiger partial charge in [0, 0.05) is 18.2 Å². The number of hydrogen-bond donors (Lipinski definition) is 1. The maximum absolute atomic E-state index is 13.5. The quantitative estimate of drug-likeness (QED) is 0.901. The zero-order valence-corrected chi connectivity index (χ0v) is 10.1. The molecule has 1 fully saturated rings. The van der Waals surface area contributed by atoms with Gasteiger partial charge >= 0.3 is 5.97 Å². The topological polar surface area (TPSA) is 40.5 Å². The summed E-state index contributed by atoms with van der Waals surface area (Å²) in [7, 11) is 0. The summed E-state index contributed by atoms with van der Waals surface area (Å²) >= 11 is 0. The molecule has 3 nitrogen and oxygen atoms in total. The van der Waals surface area contributed by atoms with Crippen LogP contribution in [0.4, 0.5) is 8.78 Å². The standard InChI is InChI=1S/C13H15F2NO2/c1-13(12(17)18)5-2-6-16(13)8-9-3-4-10(14)7-11(9)15/h3-4,7H,2,5-6,8H2,1H3,(H,17,18). The lowest BCUT2D eigenvalue weighted by atomic mass is 9.99. The first-order valence-corrected chi connectivity index (χ1v) is 5.86. The molecule has 1 aliphatic heterocycles. The molecular weight excluding hydrogens is 240 g/mol.